The summed E-state index contributed by atoms with van der Waals surface area (Å²) in [7, 11) is 1.44. The molecule has 0 aromatic heterocycles. The number of hydrogen-bond donors (Lipinski definition) is 2. The van der Waals surface area contributed by atoms with Gasteiger partial charge in [-0.05, 0) is 41.7 Å². The van der Waals surface area contributed by atoms with Crippen LogP contribution in [-0.4, -0.2) is 17.9 Å². The van der Waals surface area contributed by atoms with E-state index in [-0.39, 0.29) is 34.5 Å². The van der Waals surface area contributed by atoms with Gasteiger partial charge in [-0.3, -0.25) is 0 Å². The van der Waals surface area contributed by atoms with E-state index in [1.807, 2.05) is 6.08 Å². The molecule has 0 aliphatic heterocycles. The minimum Gasteiger partial charge on any atom is -0.504 e. The Morgan fingerprint density at radius 3 is 2.40 bits per heavy atom. The first-order valence-corrected chi connectivity index (χ1v) is 10.0. The zero-order valence-corrected chi connectivity index (χ0v) is 17.7. The van der Waals surface area contributed by atoms with Gasteiger partial charge in [0.05, 0.1) is 31.0 Å². The van der Waals surface area contributed by atoms with E-state index in [1.165, 1.54) is 7.11 Å². The van der Waals surface area contributed by atoms with E-state index < -0.39 is 17.3 Å². The molecule has 4 atom stereocenters. The molecule has 0 saturated heterocycles. The number of rotatable bonds is 2. The first-order chi connectivity index (χ1) is 14.2. The number of ether oxygens (including phenoxy) is 1. The fraction of sp³-hybridized carbons (Fsp3) is 0.500. The van der Waals surface area contributed by atoms with Crippen LogP contribution in [0, 0.1) is 68.0 Å². The lowest BCUT2D eigenvalue weighted by atomic mass is 9.51. The molecule has 0 radical (unpaired) electrons. The van der Waals surface area contributed by atoms with Crippen LogP contribution in [0.1, 0.15) is 45.1 Å². The number of fused-ring (bicyclic) bond motifs is 1. The summed E-state index contributed by atoms with van der Waals surface area (Å²) in [5.41, 5.74) is -0.858. The molecule has 1 fully saturated rings. The Labute approximate surface area is 177 Å². The third kappa shape index (κ3) is 3.03. The van der Waals surface area contributed by atoms with Gasteiger partial charge in [-0.2, -0.15) is 15.8 Å². The number of nitrogens with one attached hydrogen (secondary N) is 1. The number of allylic oxidation sites excluding steroid dienone is 2. The van der Waals surface area contributed by atoms with Crippen LogP contribution in [0.25, 0.3) is 0 Å². The molecule has 1 aromatic carbocycles. The van der Waals surface area contributed by atoms with Crippen LogP contribution in [-0.2, 0) is 0 Å². The Morgan fingerprint density at radius 1 is 1.20 bits per heavy atom. The van der Waals surface area contributed by atoms with Crippen LogP contribution in [0.5, 0.6) is 11.5 Å². The first-order valence-electron chi connectivity index (χ1n) is 10.0. The van der Waals surface area contributed by atoms with Gasteiger partial charge in [0.15, 0.2) is 16.9 Å². The third-order valence-electron chi connectivity index (χ3n) is 6.81. The van der Waals surface area contributed by atoms with Crippen molar-refractivity contribution in [1.82, 2.24) is 0 Å². The normalized spacial score (nSPS) is 27.6. The summed E-state index contributed by atoms with van der Waals surface area (Å²) in [4.78, 5) is 0. The van der Waals surface area contributed by atoms with E-state index in [4.69, 9.17) is 10.1 Å². The minimum absolute atomic E-state index is 0.00194. The second-order valence-electron chi connectivity index (χ2n) is 9.23. The van der Waals surface area contributed by atoms with Crippen LogP contribution in [0.3, 0.4) is 0 Å². The highest BCUT2D eigenvalue weighted by Crippen LogP contribution is 2.59. The number of nitrogens with zero attached hydrogens (tertiary/aromatic N) is 3. The van der Waals surface area contributed by atoms with Gasteiger partial charge in [-0.15, -0.1) is 0 Å². The number of phenolic OH excluding ortho intramolecular Hbond substituents is 1. The van der Waals surface area contributed by atoms with Gasteiger partial charge in [0.2, 0.25) is 0 Å². The monoisotopic (exact) mass is 402 g/mol. The van der Waals surface area contributed by atoms with Crippen molar-refractivity contribution in [2.24, 2.45) is 28.6 Å². The highest BCUT2D eigenvalue weighted by atomic mass is 16.5. The van der Waals surface area contributed by atoms with Crippen LogP contribution in [0.2, 0.25) is 0 Å². The highest BCUT2D eigenvalue weighted by Gasteiger charge is 2.58. The Hall–Kier alpha value is -3.30. The maximum atomic E-state index is 10.9. The predicted octanol–water partition coefficient (Wildman–Crippen LogP) is 4.69. The summed E-state index contributed by atoms with van der Waals surface area (Å²) in [5.74, 6) is -1.57. The summed E-state index contributed by atoms with van der Waals surface area (Å²) in [6, 6.07) is 11.3. The van der Waals surface area contributed by atoms with Gasteiger partial charge in [-0.1, -0.05) is 39.0 Å². The topological polar surface area (TPSA) is 125 Å². The van der Waals surface area contributed by atoms with E-state index in [0.717, 1.165) is 12.0 Å². The zero-order chi connectivity index (χ0) is 22.3. The average Bonchev–Trinajstić information content (AvgIpc) is 2.72. The number of nitriles is 3. The number of methoxy groups -OCH3 is 1. The second kappa shape index (κ2) is 7.51. The smallest absolute Gasteiger partial charge is 0.189 e. The van der Waals surface area contributed by atoms with Gasteiger partial charge < -0.3 is 15.3 Å². The Balaban J connectivity index is 2.31. The molecule has 0 heterocycles. The first kappa shape index (κ1) is 21.4. The molecular weight excluding hydrogens is 376 g/mol. The van der Waals surface area contributed by atoms with Crippen LogP contribution >= 0.6 is 0 Å². The molecule has 1 aromatic rings. The van der Waals surface area contributed by atoms with Gasteiger partial charge >= 0.3 is 0 Å². The molecule has 3 rings (SSSR count). The van der Waals surface area contributed by atoms with Crippen molar-refractivity contribution in [2.75, 3.05) is 7.11 Å². The second-order valence-corrected chi connectivity index (χ2v) is 9.23. The number of para-hydroxylation sites is 1. The molecule has 1 unspecified atom stereocenters. The number of aromatic hydroxyl groups is 1. The highest BCUT2D eigenvalue weighted by molar-refractivity contribution is 6.01. The molecule has 1 saturated carbocycles. The molecule has 6 nitrogen and oxygen atoms in total. The lowest BCUT2D eigenvalue weighted by Crippen LogP contribution is -2.50. The molecule has 0 bridgehead atoms. The number of hydrogen-bond acceptors (Lipinski definition) is 6. The quantitative estimate of drug-likeness (QED) is 0.694. The Kier molecular flexibility index (Phi) is 5.36. The van der Waals surface area contributed by atoms with E-state index >= 15 is 0 Å². The van der Waals surface area contributed by atoms with E-state index in [2.05, 4.69) is 39.0 Å². The molecule has 2 N–H and O–H groups in total. The molecule has 154 valence electrons. The lowest BCUT2D eigenvalue weighted by molar-refractivity contribution is 0.167. The van der Waals surface area contributed by atoms with Gasteiger partial charge in [0.1, 0.15) is 5.92 Å². The minimum atomic E-state index is -1.84. The van der Waals surface area contributed by atoms with Gasteiger partial charge in [-0.25, -0.2) is 0 Å². The number of phenols is 1. The molecule has 2 aliphatic rings. The lowest BCUT2D eigenvalue weighted by Gasteiger charge is -2.49. The summed E-state index contributed by atoms with van der Waals surface area (Å²) < 4.78 is 5.26. The zero-order valence-electron chi connectivity index (χ0n) is 17.7. The van der Waals surface area contributed by atoms with Crippen LogP contribution < -0.4 is 4.74 Å². The molecule has 6 heteroatoms. The summed E-state index contributed by atoms with van der Waals surface area (Å²) in [5, 5.41) is 49.7. The summed E-state index contributed by atoms with van der Waals surface area (Å²) in [6.45, 7) is 6.47. The van der Waals surface area contributed by atoms with Crippen molar-refractivity contribution in [2.45, 2.75) is 39.5 Å². The van der Waals surface area contributed by atoms with Crippen molar-refractivity contribution < 1.29 is 9.84 Å². The molecular formula is C24H26N4O2. The van der Waals surface area contributed by atoms with Crippen molar-refractivity contribution in [3.8, 4) is 29.7 Å². The summed E-state index contributed by atoms with van der Waals surface area (Å²) >= 11 is 0. The standard InChI is InChI=1S/C24H26N4O2/c1-23(2,3)14-8-9-15-17(10-14)20(16-6-5-7-19(30-4)21(16)29)24(12-26,13-27)22(28)18(15)11-25/h5-7,9,14,17-18,20,28-29H,8,10H2,1-4H3/t14-,17+,18?,20+/m1/s1. The third-order valence-corrected chi connectivity index (χ3v) is 6.81. The van der Waals surface area contributed by atoms with E-state index in [1.54, 1.807) is 18.2 Å². The maximum Gasteiger partial charge on any atom is 0.189 e. The number of benzene rings is 1. The van der Waals surface area contributed by atoms with Gasteiger partial charge in [0.25, 0.3) is 0 Å². The average molecular weight is 402 g/mol. The van der Waals surface area contributed by atoms with Gasteiger partial charge in [0, 0.05) is 11.5 Å². The predicted molar refractivity (Wildman–Crippen MR) is 112 cm³/mol. The largest absolute Gasteiger partial charge is 0.504 e. The Bertz CT molecular complexity index is 1020. The maximum absolute atomic E-state index is 10.9. The van der Waals surface area contributed by atoms with Crippen LogP contribution in [0.4, 0.5) is 0 Å². The molecule has 0 spiro atoms. The van der Waals surface area contributed by atoms with Crippen molar-refractivity contribution in [1.29, 1.82) is 21.2 Å². The fourth-order valence-electron chi connectivity index (χ4n) is 5.03. The van der Waals surface area contributed by atoms with E-state index in [9.17, 15) is 20.9 Å². The molecule has 0 amide bonds. The van der Waals surface area contributed by atoms with Crippen molar-refractivity contribution >= 4 is 5.71 Å². The van der Waals surface area contributed by atoms with Crippen LogP contribution in [0.15, 0.2) is 29.8 Å². The Morgan fingerprint density at radius 2 is 1.87 bits per heavy atom. The van der Waals surface area contributed by atoms with Crippen molar-refractivity contribution in [3.05, 3.63) is 35.4 Å². The van der Waals surface area contributed by atoms with E-state index in [0.29, 0.717) is 12.0 Å². The summed E-state index contributed by atoms with van der Waals surface area (Å²) in [6.07, 6.45) is 3.48. The SMILES string of the molecule is COc1cccc([C@H]2[C@H]3C[C@H](C(C)(C)C)CC=C3C(C#N)C(=N)C2(C#N)C#N)c1O. The molecule has 2 aliphatic carbocycles. The van der Waals surface area contributed by atoms with Crippen molar-refractivity contribution in [3.63, 3.8) is 0 Å². The molecule has 30 heavy (non-hydrogen) atoms. The fourth-order valence-corrected chi connectivity index (χ4v) is 5.03.